The summed E-state index contributed by atoms with van der Waals surface area (Å²) in [5, 5.41) is 12.5. The number of aromatic nitrogens is 1. The van der Waals surface area contributed by atoms with Gasteiger partial charge in [0.05, 0.1) is 5.02 Å². The van der Waals surface area contributed by atoms with Crippen LogP contribution in [0.25, 0.3) is 10.6 Å². The number of piperidine rings is 1. The number of halogens is 2. The average Bonchev–Trinajstić information content (AvgIpc) is 3.03. The van der Waals surface area contributed by atoms with Gasteiger partial charge >= 0.3 is 5.97 Å². The van der Waals surface area contributed by atoms with Crippen molar-refractivity contribution in [1.29, 1.82) is 0 Å². The molecule has 126 valence electrons. The number of thiazole rings is 1. The van der Waals surface area contributed by atoms with Crippen molar-refractivity contribution in [3.63, 3.8) is 0 Å². The maximum atomic E-state index is 12.7. The number of nitrogens with zero attached hydrogens (tertiary/aromatic N) is 2. The van der Waals surface area contributed by atoms with Gasteiger partial charge in [0.2, 0.25) is 0 Å². The smallest absolute Gasteiger partial charge is 0.326 e. The number of likely N-dealkylation sites (tertiary alicyclic amines) is 1. The second-order valence-corrected chi connectivity index (χ2v) is 7.21. The number of rotatable bonds is 3. The molecule has 5 nitrogen and oxygen atoms in total. The van der Waals surface area contributed by atoms with Crippen LogP contribution in [0.5, 0.6) is 0 Å². The van der Waals surface area contributed by atoms with Crippen LogP contribution in [0.4, 0.5) is 0 Å². The average molecular weight is 385 g/mol. The molecule has 1 N–H and O–H groups in total. The molecule has 1 fully saturated rings. The Labute approximate surface area is 152 Å². The van der Waals surface area contributed by atoms with Crippen LogP contribution in [-0.2, 0) is 4.79 Å². The number of hydrogen-bond donors (Lipinski definition) is 1. The normalized spacial score (nSPS) is 17.8. The van der Waals surface area contributed by atoms with Crippen LogP contribution >= 0.6 is 34.5 Å². The molecule has 1 atom stereocenters. The van der Waals surface area contributed by atoms with Gasteiger partial charge in [-0.2, -0.15) is 0 Å². The first-order valence-electron chi connectivity index (χ1n) is 7.42. The third kappa shape index (κ3) is 3.41. The Morgan fingerprint density at radius 1 is 1.29 bits per heavy atom. The third-order valence-electron chi connectivity index (χ3n) is 3.93. The zero-order valence-corrected chi connectivity index (χ0v) is 14.9. The van der Waals surface area contributed by atoms with E-state index in [1.54, 1.807) is 23.6 Å². The molecule has 8 heteroatoms. The standard InChI is InChI=1S/C16H14Cl2N2O3S/c17-9-4-5-10(11(18)7-9)14-19-12(8-24-14)15(21)20-6-2-1-3-13(20)16(22)23/h4-5,7-8,13H,1-3,6H2,(H,22,23)/t13-/m1/s1. The Morgan fingerprint density at radius 3 is 2.79 bits per heavy atom. The van der Waals surface area contributed by atoms with Crippen LogP contribution in [-0.4, -0.2) is 39.5 Å². The second kappa shape index (κ2) is 7.09. The second-order valence-electron chi connectivity index (χ2n) is 5.51. The quantitative estimate of drug-likeness (QED) is 0.860. The summed E-state index contributed by atoms with van der Waals surface area (Å²) in [5.41, 5.74) is 0.938. The molecular formula is C16H14Cl2N2O3S. The number of amides is 1. The molecule has 0 aliphatic carbocycles. The lowest BCUT2D eigenvalue weighted by molar-refractivity contribution is -0.143. The minimum Gasteiger partial charge on any atom is -0.480 e. The fourth-order valence-electron chi connectivity index (χ4n) is 2.74. The van der Waals surface area contributed by atoms with Crippen molar-refractivity contribution in [2.75, 3.05) is 6.54 Å². The van der Waals surface area contributed by atoms with E-state index >= 15 is 0 Å². The molecule has 2 aromatic rings. The molecular weight excluding hydrogens is 371 g/mol. The van der Waals surface area contributed by atoms with Crippen LogP contribution in [0.2, 0.25) is 10.0 Å². The maximum Gasteiger partial charge on any atom is 0.326 e. The predicted molar refractivity (Wildman–Crippen MR) is 93.9 cm³/mol. The number of benzene rings is 1. The lowest BCUT2D eigenvalue weighted by Gasteiger charge is -2.32. The monoisotopic (exact) mass is 384 g/mol. The van der Waals surface area contributed by atoms with Crippen LogP contribution < -0.4 is 0 Å². The van der Waals surface area contributed by atoms with Gasteiger partial charge < -0.3 is 10.0 Å². The molecule has 3 rings (SSSR count). The van der Waals surface area contributed by atoms with Gasteiger partial charge in [-0.1, -0.05) is 23.2 Å². The number of carboxylic acid groups (broad SMARTS) is 1. The Balaban J connectivity index is 1.87. The van der Waals surface area contributed by atoms with Gasteiger partial charge in [-0.3, -0.25) is 4.79 Å². The summed E-state index contributed by atoms with van der Waals surface area (Å²) in [5.74, 6) is -1.33. The molecule has 1 aromatic carbocycles. The molecule has 24 heavy (non-hydrogen) atoms. The van der Waals surface area contributed by atoms with Crippen molar-refractivity contribution >= 4 is 46.4 Å². The SMILES string of the molecule is O=C(O)[C@H]1CCCCN1C(=O)c1csc(-c2ccc(Cl)cc2Cl)n1. The Bertz CT molecular complexity index is 793. The van der Waals surface area contributed by atoms with Crippen LogP contribution in [0.15, 0.2) is 23.6 Å². The first-order chi connectivity index (χ1) is 11.5. The minimum absolute atomic E-state index is 0.245. The van der Waals surface area contributed by atoms with E-state index in [1.807, 2.05) is 0 Å². The van der Waals surface area contributed by atoms with Crippen LogP contribution in [0, 0.1) is 0 Å². The fourth-order valence-corrected chi connectivity index (χ4v) is 4.12. The van der Waals surface area contributed by atoms with E-state index in [-0.39, 0.29) is 11.6 Å². The van der Waals surface area contributed by atoms with Gasteiger partial charge in [0.25, 0.3) is 5.91 Å². The molecule has 0 spiro atoms. The third-order valence-corrected chi connectivity index (χ3v) is 5.36. The van der Waals surface area contributed by atoms with E-state index in [0.717, 1.165) is 12.8 Å². The zero-order valence-electron chi connectivity index (χ0n) is 12.5. The first kappa shape index (κ1) is 17.2. The maximum absolute atomic E-state index is 12.7. The number of aliphatic carboxylic acids is 1. The summed E-state index contributed by atoms with van der Waals surface area (Å²) in [6.07, 6.45) is 2.08. The highest BCUT2D eigenvalue weighted by atomic mass is 35.5. The molecule has 1 aliphatic rings. The summed E-state index contributed by atoms with van der Waals surface area (Å²) < 4.78 is 0. The predicted octanol–water partition coefficient (Wildman–Crippen LogP) is 4.20. The van der Waals surface area contributed by atoms with Crippen LogP contribution in [0.1, 0.15) is 29.8 Å². The van der Waals surface area contributed by atoms with Gasteiger partial charge in [-0.05, 0) is 37.5 Å². The Hall–Kier alpha value is -1.63. The van der Waals surface area contributed by atoms with Gasteiger partial charge in [0.1, 0.15) is 16.7 Å². The van der Waals surface area contributed by atoms with Crippen molar-refractivity contribution in [3.05, 3.63) is 39.3 Å². The zero-order chi connectivity index (χ0) is 17.3. The summed E-state index contributed by atoms with van der Waals surface area (Å²) in [4.78, 5) is 29.8. The number of carboxylic acids is 1. The van der Waals surface area contributed by atoms with E-state index in [2.05, 4.69) is 4.98 Å². The highest BCUT2D eigenvalue weighted by Crippen LogP contribution is 2.33. The van der Waals surface area contributed by atoms with E-state index in [4.69, 9.17) is 23.2 Å². The highest BCUT2D eigenvalue weighted by Gasteiger charge is 2.33. The highest BCUT2D eigenvalue weighted by molar-refractivity contribution is 7.13. The molecule has 0 bridgehead atoms. The molecule has 0 radical (unpaired) electrons. The van der Waals surface area contributed by atoms with E-state index in [9.17, 15) is 14.7 Å². The Morgan fingerprint density at radius 2 is 2.08 bits per heavy atom. The van der Waals surface area contributed by atoms with E-state index < -0.39 is 12.0 Å². The van der Waals surface area contributed by atoms with Gasteiger partial charge in [0.15, 0.2) is 0 Å². The van der Waals surface area contributed by atoms with Crippen molar-refractivity contribution in [3.8, 4) is 10.6 Å². The fraction of sp³-hybridized carbons (Fsp3) is 0.312. The lowest BCUT2D eigenvalue weighted by Crippen LogP contribution is -2.48. The van der Waals surface area contributed by atoms with Gasteiger partial charge in [-0.25, -0.2) is 9.78 Å². The number of carbonyl (C=O) groups is 2. The van der Waals surface area contributed by atoms with Gasteiger partial charge in [-0.15, -0.1) is 11.3 Å². The summed E-state index contributed by atoms with van der Waals surface area (Å²) in [6, 6.07) is 4.29. The van der Waals surface area contributed by atoms with Crippen molar-refractivity contribution in [2.24, 2.45) is 0 Å². The summed E-state index contributed by atoms with van der Waals surface area (Å²) >= 11 is 13.4. The summed E-state index contributed by atoms with van der Waals surface area (Å²) in [7, 11) is 0. The minimum atomic E-state index is -0.973. The first-order valence-corrected chi connectivity index (χ1v) is 9.05. The molecule has 2 heterocycles. The van der Waals surface area contributed by atoms with Crippen molar-refractivity contribution in [1.82, 2.24) is 9.88 Å². The molecule has 1 saturated heterocycles. The lowest BCUT2D eigenvalue weighted by atomic mass is 10.0. The largest absolute Gasteiger partial charge is 0.480 e. The number of carbonyl (C=O) groups excluding carboxylic acids is 1. The van der Waals surface area contributed by atoms with Crippen LogP contribution in [0.3, 0.4) is 0 Å². The van der Waals surface area contributed by atoms with Crippen molar-refractivity contribution in [2.45, 2.75) is 25.3 Å². The topological polar surface area (TPSA) is 70.5 Å². The van der Waals surface area contributed by atoms with Gasteiger partial charge in [0, 0.05) is 22.5 Å². The number of hydrogen-bond acceptors (Lipinski definition) is 4. The molecule has 0 saturated carbocycles. The molecule has 1 amide bonds. The Kier molecular flexibility index (Phi) is 5.08. The summed E-state index contributed by atoms with van der Waals surface area (Å²) in [6.45, 7) is 0.435. The van der Waals surface area contributed by atoms with Crippen molar-refractivity contribution < 1.29 is 14.7 Å². The molecule has 1 aromatic heterocycles. The molecule has 0 unspecified atom stereocenters. The molecule has 1 aliphatic heterocycles. The van der Waals surface area contributed by atoms with E-state index in [0.29, 0.717) is 33.6 Å². The van der Waals surface area contributed by atoms with E-state index in [1.165, 1.54) is 16.2 Å².